The van der Waals surface area contributed by atoms with Crippen molar-refractivity contribution in [2.24, 2.45) is 0 Å². The molecule has 0 fully saturated rings. The summed E-state index contributed by atoms with van der Waals surface area (Å²) in [5, 5.41) is 0. The summed E-state index contributed by atoms with van der Waals surface area (Å²) < 4.78 is 30.4. The number of hydrogen-bond acceptors (Lipinski definition) is 3. The highest BCUT2D eigenvalue weighted by Gasteiger charge is 2.08. The lowest BCUT2D eigenvalue weighted by Crippen LogP contribution is -2.29. The molecule has 0 spiro atoms. The summed E-state index contributed by atoms with van der Waals surface area (Å²) in [7, 11) is -4.38. The second kappa shape index (κ2) is 8.52. The molecule has 0 aromatic heterocycles. The lowest BCUT2D eigenvalue weighted by Gasteiger charge is -2.02. The number of rotatable bonds is 9. The van der Waals surface area contributed by atoms with Gasteiger partial charge < -0.3 is 0 Å². The van der Waals surface area contributed by atoms with Crippen LogP contribution < -0.4 is 4.72 Å². The van der Waals surface area contributed by atoms with Crippen molar-refractivity contribution in [3.05, 3.63) is 0 Å². The highest BCUT2D eigenvalue weighted by Crippen LogP contribution is 2.08. The van der Waals surface area contributed by atoms with Crippen LogP contribution >= 0.6 is 0 Å². The second-order valence-corrected chi connectivity index (χ2v) is 5.03. The van der Waals surface area contributed by atoms with Gasteiger partial charge in [0.1, 0.15) is 0 Å². The molecular formula is C10H21NO4S. The van der Waals surface area contributed by atoms with Crippen LogP contribution in [0.5, 0.6) is 0 Å². The van der Waals surface area contributed by atoms with E-state index in [2.05, 4.69) is 6.92 Å². The van der Waals surface area contributed by atoms with Crippen LogP contribution in [0.15, 0.2) is 0 Å². The molecule has 0 aromatic carbocycles. The Kier molecular flexibility index (Phi) is 8.19. The molecule has 0 atom stereocenters. The van der Waals surface area contributed by atoms with Gasteiger partial charge >= 0.3 is 10.3 Å². The van der Waals surface area contributed by atoms with E-state index in [9.17, 15) is 13.2 Å². The number of unbranched alkanes of at least 4 members (excludes halogenated alkanes) is 6. The minimum absolute atomic E-state index is 0.146. The first-order valence-electron chi connectivity index (χ1n) is 5.73. The van der Waals surface area contributed by atoms with Gasteiger partial charge in [-0.1, -0.05) is 45.4 Å². The van der Waals surface area contributed by atoms with Gasteiger partial charge in [-0.2, -0.15) is 8.42 Å². The predicted octanol–water partition coefficient (Wildman–Crippen LogP) is 2.05. The van der Waals surface area contributed by atoms with E-state index in [0.717, 1.165) is 19.3 Å². The molecule has 96 valence electrons. The van der Waals surface area contributed by atoms with Crippen molar-refractivity contribution in [3.8, 4) is 0 Å². The summed E-state index contributed by atoms with van der Waals surface area (Å²) in [6, 6.07) is 0. The first-order valence-corrected chi connectivity index (χ1v) is 7.17. The molecule has 0 saturated heterocycles. The molecule has 0 aromatic rings. The van der Waals surface area contributed by atoms with E-state index < -0.39 is 16.2 Å². The van der Waals surface area contributed by atoms with Gasteiger partial charge in [0.25, 0.3) is 0 Å². The standard InChI is InChI=1S/C10H21NO4S/c1-2-3-4-5-6-7-8-9-10(12)11-16(13,14)15/h2-9H2,1H3,(H,11,12)(H,13,14,15). The molecule has 0 radical (unpaired) electrons. The third kappa shape index (κ3) is 11.5. The summed E-state index contributed by atoms with van der Waals surface area (Å²) in [5.41, 5.74) is 0. The van der Waals surface area contributed by atoms with Gasteiger partial charge in [0.05, 0.1) is 0 Å². The third-order valence-electron chi connectivity index (χ3n) is 2.25. The van der Waals surface area contributed by atoms with Gasteiger partial charge in [0.15, 0.2) is 0 Å². The molecule has 0 bridgehead atoms. The Labute approximate surface area is 97.5 Å². The van der Waals surface area contributed by atoms with Gasteiger partial charge in [-0.15, -0.1) is 0 Å². The number of amides is 1. The molecule has 1 amide bonds. The largest absolute Gasteiger partial charge is 0.359 e. The number of nitrogens with one attached hydrogen (secondary N) is 1. The number of carbonyl (C=O) groups is 1. The number of carbonyl (C=O) groups excluding carboxylic acids is 1. The summed E-state index contributed by atoms with van der Waals surface area (Å²) in [6.07, 6.45) is 7.62. The van der Waals surface area contributed by atoms with Gasteiger partial charge in [0.2, 0.25) is 5.91 Å². The molecular weight excluding hydrogens is 230 g/mol. The highest BCUT2D eigenvalue weighted by molar-refractivity contribution is 7.84. The summed E-state index contributed by atoms with van der Waals surface area (Å²) >= 11 is 0. The van der Waals surface area contributed by atoms with Crippen LogP contribution in [0.2, 0.25) is 0 Å². The Morgan fingerprint density at radius 3 is 2.06 bits per heavy atom. The van der Waals surface area contributed by atoms with Gasteiger partial charge in [-0.05, 0) is 6.42 Å². The maximum absolute atomic E-state index is 10.9. The molecule has 0 aliphatic carbocycles. The summed E-state index contributed by atoms with van der Waals surface area (Å²) in [4.78, 5) is 10.9. The van der Waals surface area contributed by atoms with Crippen molar-refractivity contribution in [2.45, 2.75) is 58.3 Å². The Balaban J connectivity index is 3.35. The predicted molar refractivity (Wildman–Crippen MR) is 62.3 cm³/mol. The van der Waals surface area contributed by atoms with Crippen LogP contribution in [0.1, 0.15) is 58.3 Å². The molecule has 0 heterocycles. The molecule has 0 rings (SSSR count). The minimum atomic E-state index is -4.38. The van der Waals surface area contributed by atoms with Crippen molar-refractivity contribution in [1.29, 1.82) is 0 Å². The van der Waals surface area contributed by atoms with Crippen molar-refractivity contribution in [1.82, 2.24) is 4.72 Å². The fraction of sp³-hybridized carbons (Fsp3) is 0.900. The maximum atomic E-state index is 10.9. The zero-order valence-electron chi connectivity index (χ0n) is 9.74. The highest BCUT2D eigenvalue weighted by atomic mass is 32.2. The van der Waals surface area contributed by atoms with E-state index >= 15 is 0 Å². The SMILES string of the molecule is CCCCCCCCCC(=O)NS(=O)(=O)O. The molecule has 2 N–H and O–H groups in total. The monoisotopic (exact) mass is 251 g/mol. The molecule has 6 heteroatoms. The van der Waals surface area contributed by atoms with E-state index in [-0.39, 0.29) is 6.42 Å². The van der Waals surface area contributed by atoms with Crippen LogP contribution in [0, 0.1) is 0 Å². The van der Waals surface area contributed by atoms with Crippen molar-refractivity contribution >= 4 is 16.2 Å². The normalized spacial score (nSPS) is 11.4. The molecule has 0 saturated carbocycles. The zero-order chi connectivity index (χ0) is 12.4. The van der Waals surface area contributed by atoms with Gasteiger partial charge in [-0.3, -0.25) is 9.35 Å². The number of hydrogen-bond donors (Lipinski definition) is 2. The van der Waals surface area contributed by atoms with Crippen LogP contribution in [-0.4, -0.2) is 18.9 Å². The summed E-state index contributed by atoms with van der Waals surface area (Å²) in [5.74, 6) is -0.643. The van der Waals surface area contributed by atoms with Crippen LogP contribution in [0.3, 0.4) is 0 Å². The average molecular weight is 251 g/mol. The molecule has 5 nitrogen and oxygen atoms in total. The lowest BCUT2D eigenvalue weighted by atomic mass is 10.1. The van der Waals surface area contributed by atoms with Gasteiger partial charge in [-0.25, -0.2) is 4.72 Å². The molecule has 16 heavy (non-hydrogen) atoms. The van der Waals surface area contributed by atoms with Crippen molar-refractivity contribution in [2.75, 3.05) is 0 Å². The van der Waals surface area contributed by atoms with E-state index in [4.69, 9.17) is 4.55 Å². The zero-order valence-corrected chi connectivity index (χ0v) is 10.6. The topological polar surface area (TPSA) is 83.5 Å². The molecule has 0 aliphatic heterocycles. The first kappa shape index (κ1) is 15.4. The minimum Gasteiger partial charge on any atom is -0.274 e. The smallest absolute Gasteiger partial charge is 0.274 e. The van der Waals surface area contributed by atoms with Crippen LogP contribution in [0.4, 0.5) is 0 Å². The van der Waals surface area contributed by atoms with E-state index in [0.29, 0.717) is 6.42 Å². The maximum Gasteiger partial charge on any atom is 0.359 e. The van der Waals surface area contributed by atoms with Crippen molar-refractivity contribution < 1.29 is 17.8 Å². The Bertz CT molecular complexity index is 287. The van der Waals surface area contributed by atoms with Crippen LogP contribution in [-0.2, 0) is 15.1 Å². The lowest BCUT2D eigenvalue weighted by molar-refractivity contribution is -0.119. The molecule has 0 unspecified atom stereocenters. The van der Waals surface area contributed by atoms with E-state index in [1.54, 1.807) is 0 Å². The van der Waals surface area contributed by atoms with Gasteiger partial charge in [0, 0.05) is 6.42 Å². The first-order chi connectivity index (χ1) is 7.45. The van der Waals surface area contributed by atoms with Crippen LogP contribution in [0.25, 0.3) is 0 Å². The van der Waals surface area contributed by atoms with E-state index in [1.807, 2.05) is 0 Å². The van der Waals surface area contributed by atoms with E-state index in [1.165, 1.54) is 24.0 Å². The third-order valence-corrected chi connectivity index (χ3v) is 2.74. The quantitative estimate of drug-likeness (QED) is 0.485. The summed E-state index contributed by atoms with van der Waals surface area (Å²) in [6.45, 7) is 2.15. The Hall–Kier alpha value is -0.620. The fourth-order valence-electron chi connectivity index (χ4n) is 1.44. The second-order valence-electron chi connectivity index (χ2n) is 3.87. The Morgan fingerprint density at radius 1 is 1.06 bits per heavy atom. The van der Waals surface area contributed by atoms with Crippen molar-refractivity contribution in [3.63, 3.8) is 0 Å². The fourth-order valence-corrected chi connectivity index (χ4v) is 1.83. The average Bonchev–Trinajstić information content (AvgIpc) is 2.13. The Morgan fingerprint density at radius 2 is 1.56 bits per heavy atom. The molecule has 0 aliphatic rings.